The molecule has 0 bridgehead atoms. The summed E-state index contributed by atoms with van der Waals surface area (Å²) in [5, 5.41) is 0. The lowest BCUT2D eigenvalue weighted by Crippen LogP contribution is -2.42. The Labute approximate surface area is 182 Å². The number of nitrogens with two attached hydrogens (primary N) is 1. The van der Waals surface area contributed by atoms with Crippen LogP contribution >= 0.6 is 0 Å². The number of anilines is 1. The highest BCUT2D eigenvalue weighted by molar-refractivity contribution is 7.89. The first-order valence-electron chi connectivity index (χ1n) is 9.71. The molecule has 12 heteroatoms. The molecular formula is C20H21F2N5O4S. The fourth-order valence-corrected chi connectivity index (χ4v) is 4.93. The number of carbonyl (C=O) groups excluding carboxylic acids is 1. The number of nitrogens with zero attached hydrogens (tertiary/aromatic N) is 3. The number of nitrogen functional groups attached to an aromatic ring is 1. The van der Waals surface area contributed by atoms with Gasteiger partial charge in [0, 0.05) is 43.0 Å². The maximum atomic E-state index is 13.1. The largest absolute Gasteiger partial charge is 0.464 e. The molecule has 9 nitrogen and oxygen atoms in total. The van der Waals surface area contributed by atoms with Crippen molar-refractivity contribution in [1.29, 1.82) is 0 Å². The maximum absolute atomic E-state index is 13.1. The van der Waals surface area contributed by atoms with E-state index in [0.29, 0.717) is 16.8 Å². The third-order valence-electron chi connectivity index (χ3n) is 5.55. The number of carbonyl (C=O) groups is 1. The average Bonchev–Trinajstić information content (AvgIpc) is 3.20. The molecule has 1 aliphatic carbocycles. The molecule has 2 aromatic heterocycles. The summed E-state index contributed by atoms with van der Waals surface area (Å²) in [5.74, 6) is -3.89. The minimum Gasteiger partial charge on any atom is -0.464 e. The Kier molecular flexibility index (Phi) is 5.37. The summed E-state index contributed by atoms with van der Waals surface area (Å²) in [4.78, 5) is 20.5. The molecular weight excluding hydrogens is 444 g/mol. The van der Waals surface area contributed by atoms with Gasteiger partial charge in [-0.2, -0.15) is 0 Å². The number of sulfonamides is 1. The van der Waals surface area contributed by atoms with E-state index in [2.05, 4.69) is 14.7 Å². The molecule has 0 spiro atoms. The predicted molar refractivity (Wildman–Crippen MR) is 112 cm³/mol. The van der Waals surface area contributed by atoms with E-state index in [1.165, 1.54) is 31.6 Å². The van der Waals surface area contributed by atoms with Crippen molar-refractivity contribution in [2.75, 3.05) is 19.4 Å². The monoisotopic (exact) mass is 465 g/mol. The van der Waals surface area contributed by atoms with E-state index < -0.39 is 27.8 Å². The van der Waals surface area contributed by atoms with Crippen LogP contribution in [0.5, 0.6) is 0 Å². The SMILES string of the molecule is COC(=O)c1ncc2nccn2c1-c1cc(S(=O)(=O)NCC2CC(F)(F)C2)cc(N)c1C. The molecule has 32 heavy (non-hydrogen) atoms. The van der Waals surface area contributed by atoms with Crippen LogP contribution in [-0.2, 0) is 14.8 Å². The minimum atomic E-state index is -4.05. The molecule has 2 heterocycles. The maximum Gasteiger partial charge on any atom is 0.358 e. The lowest BCUT2D eigenvalue weighted by molar-refractivity contribution is -0.108. The van der Waals surface area contributed by atoms with Gasteiger partial charge in [0.1, 0.15) is 0 Å². The number of hydrogen-bond donors (Lipinski definition) is 2. The van der Waals surface area contributed by atoms with Crippen LogP contribution in [0.25, 0.3) is 16.9 Å². The van der Waals surface area contributed by atoms with Gasteiger partial charge >= 0.3 is 5.97 Å². The van der Waals surface area contributed by atoms with E-state index in [-0.39, 0.29) is 41.4 Å². The van der Waals surface area contributed by atoms with Crippen molar-refractivity contribution in [3.63, 3.8) is 0 Å². The number of halogens is 2. The Morgan fingerprint density at radius 3 is 2.72 bits per heavy atom. The van der Waals surface area contributed by atoms with Crippen molar-refractivity contribution in [2.45, 2.75) is 30.6 Å². The number of fused-ring (bicyclic) bond motifs is 1. The second-order valence-electron chi connectivity index (χ2n) is 7.77. The van der Waals surface area contributed by atoms with Crippen molar-refractivity contribution in [1.82, 2.24) is 19.1 Å². The highest BCUT2D eigenvalue weighted by Gasteiger charge is 2.45. The van der Waals surface area contributed by atoms with Gasteiger partial charge in [-0.3, -0.25) is 4.40 Å². The number of hydrogen-bond acceptors (Lipinski definition) is 7. The fraction of sp³-hybridized carbons (Fsp3) is 0.350. The van der Waals surface area contributed by atoms with Crippen LogP contribution in [-0.4, -0.2) is 48.3 Å². The minimum absolute atomic E-state index is 0.0419. The second-order valence-corrected chi connectivity index (χ2v) is 9.54. The molecule has 0 atom stereocenters. The third kappa shape index (κ3) is 3.91. The van der Waals surface area contributed by atoms with Gasteiger partial charge in [0.2, 0.25) is 15.9 Å². The highest BCUT2D eigenvalue weighted by atomic mass is 32.2. The Hall–Kier alpha value is -3.12. The van der Waals surface area contributed by atoms with Crippen LogP contribution in [0.15, 0.2) is 35.6 Å². The van der Waals surface area contributed by atoms with Gasteiger partial charge < -0.3 is 10.5 Å². The fourth-order valence-electron chi connectivity index (χ4n) is 3.75. The molecule has 0 aliphatic heterocycles. The predicted octanol–water partition coefficient (Wildman–Crippen LogP) is 2.40. The summed E-state index contributed by atoms with van der Waals surface area (Å²) in [6, 6.07) is 2.65. The van der Waals surface area contributed by atoms with Crippen molar-refractivity contribution in [3.05, 3.63) is 42.0 Å². The summed E-state index contributed by atoms with van der Waals surface area (Å²) >= 11 is 0. The van der Waals surface area contributed by atoms with E-state index in [4.69, 9.17) is 10.5 Å². The van der Waals surface area contributed by atoms with Crippen LogP contribution in [0.2, 0.25) is 0 Å². The zero-order valence-corrected chi connectivity index (χ0v) is 18.1. The lowest BCUT2D eigenvalue weighted by Gasteiger charge is -2.34. The molecule has 4 rings (SSSR count). The van der Waals surface area contributed by atoms with Crippen molar-refractivity contribution >= 4 is 27.3 Å². The van der Waals surface area contributed by atoms with Crippen LogP contribution in [0, 0.1) is 12.8 Å². The first-order valence-corrected chi connectivity index (χ1v) is 11.2. The van der Waals surface area contributed by atoms with Gasteiger partial charge in [0.05, 0.1) is 23.9 Å². The number of esters is 1. The van der Waals surface area contributed by atoms with Gasteiger partial charge in [-0.05, 0) is 30.5 Å². The van der Waals surface area contributed by atoms with Gasteiger partial charge in [-0.15, -0.1) is 0 Å². The molecule has 0 amide bonds. The Morgan fingerprint density at radius 1 is 1.34 bits per heavy atom. The number of ether oxygens (including phenoxy) is 1. The molecule has 1 fully saturated rings. The first-order chi connectivity index (χ1) is 15.0. The zero-order valence-electron chi connectivity index (χ0n) is 17.3. The topological polar surface area (TPSA) is 129 Å². The van der Waals surface area contributed by atoms with E-state index in [0.717, 1.165) is 0 Å². The molecule has 3 N–H and O–H groups in total. The Morgan fingerprint density at radius 2 is 2.06 bits per heavy atom. The van der Waals surface area contributed by atoms with Crippen LogP contribution < -0.4 is 10.5 Å². The Balaban J connectivity index is 1.79. The smallest absolute Gasteiger partial charge is 0.358 e. The molecule has 3 aromatic rings. The number of benzene rings is 1. The summed E-state index contributed by atoms with van der Waals surface area (Å²) in [7, 11) is -2.84. The van der Waals surface area contributed by atoms with Gasteiger partial charge in [-0.25, -0.2) is 36.7 Å². The van der Waals surface area contributed by atoms with Crippen molar-refractivity contribution in [3.8, 4) is 11.3 Å². The summed E-state index contributed by atoms with van der Waals surface area (Å²) in [6.07, 6.45) is 3.80. The van der Waals surface area contributed by atoms with E-state index in [1.54, 1.807) is 17.5 Å². The summed E-state index contributed by atoms with van der Waals surface area (Å²) in [5.41, 5.74) is 7.81. The van der Waals surface area contributed by atoms with Gasteiger partial charge in [-0.1, -0.05) is 0 Å². The number of aromatic nitrogens is 3. The van der Waals surface area contributed by atoms with E-state index >= 15 is 0 Å². The molecule has 1 aliphatic rings. The van der Waals surface area contributed by atoms with E-state index in [9.17, 15) is 22.0 Å². The standard InChI is InChI=1S/C20H21F2N5O4S/c1-11-14(18-17(19(28)31-2)25-10-16-24-3-4-27(16)18)5-13(6-15(11)23)32(29,30)26-9-12-7-20(21,22)8-12/h3-6,10,12,26H,7-9,23H2,1-2H3. The average molecular weight is 465 g/mol. The second kappa shape index (κ2) is 7.78. The molecule has 1 aromatic carbocycles. The van der Waals surface area contributed by atoms with Crippen molar-refractivity contribution in [2.24, 2.45) is 5.92 Å². The molecule has 1 saturated carbocycles. The van der Waals surface area contributed by atoms with Gasteiger partial charge in [0.25, 0.3) is 0 Å². The number of nitrogens with one attached hydrogen (secondary N) is 1. The number of imidazole rings is 1. The van der Waals surface area contributed by atoms with Crippen LogP contribution in [0.4, 0.5) is 14.5 Å². The zero-order chi connectivity index (χ0) is 23.3. The number of alkyl halides is 2. The summed E-state index contributed by atoms with van der Waals surface area (Å²) < 4.78 is 60.7. The number of rotatable bonds is 6. The molecule has 0 radical (unpaired) electrons. The molecule has 0 unspecified atom stereocenters. The normalized spacial score (nSPS) is 16.1. The lowest BCUT2D eigenvalue weighted by atomic mass is 9.82. The number of methoxy groups -OCH3 is 1. The quantitative estimate of drug-likeness (QED) is 0.422. The highest BCUT2D eigenvalue weighted by Crippen LogP contribution is 2.42. The van der Waals surface area contributed by atoms with E-state index in [1.807, 2.05) is 0 Å². The van der Waals surface area contributed by atoms with Gasteiger partial charge in [0.15, 0.2) is 11.3 Å². The van der Waals surface area contributed by atoms with Crippen LogP contribution in [0.1, 0.15) is 28.9 Å². The molecule has 170 valence electrons. The first kappa shape index (κ1) is 22.1. The molecule has 0 saturated heterocycles. The Bertz CT molecular complexity index is 1320. The summed E-state index contributed by atoms with van der Waals surface area (Å²) in [6.45, 7) is 1.58. The van der Waals surface area contributed by atoms with Crippen LogP contribution in [0.3, 0.4) is 0 Å². The third-order valence-corrected chi connectivity index (χ3v) is 6.95. The van der Waals surface area contributed by atoms with Crippen molar-refractivity contribution < 1.29 is 26.7 Å².